The molecular formula is C22H26F3N5O2. The molecule has 4 rings (SSSR count). The van der Waals surface area contributed by atoms with Crippen molar-refractivity contribution in [1.82, 2.24) is 19.9 Å². The Kier molecular flexibility index (Phi) is 6.40. The van der Waals surface area contributed by atoms with Crippen molar-refractivity contribution in [3.63, 3.8) is 0 Å². The van der Waals surface area contributed by atoms with Gasteiger partial charge < -0.3 is 20.1 Å². The van der Waals surface area contributed by atoms with E-state index in [1.165, 1.54) is 12.1 Å². The highest BCUT2D eigenvalue weighted by Crippen LogP contribution is 2.29. The number of aromatic nitrogens is 3. The first-order valence-corrected chi connectivity index (χ1v) is 10.6. The fourth-order valence-corrected chi connectivity index (χ4v) is 3.69. The Morgan fingerprint density at radius 3 is 2.69 bits per heavy atom. The number of benzene rings is 1. The van der Waals surface area contributed by atoms with Gasteiger partial charge in [-0.1, -0.05) is 32.0 Å². The summed E-state index contributed by atoms with van der Waals surface area (Å²) >= 11 is 0. The van der Waals surface area contributed by atoms with E-state index in [0.717, 1.165) is 31.6 Å². The van der Waals surface area contributed by atoms with Gasteiger partial charge in [0.05, 0.1) is 17.6 Å². The van der Waals surface area contributed by atoms with Crippen molar-refractivity contribution >= 4 is 11.3 Å². The Labute approximate surface area is 183 Å². The molecule has 3 aromatic rings. The summed E-state index contributed by atoms with van der Waals surface area (Å²) in [7, 11) is 0. The summed E-state index contributed by atoms with van der Waals surface area (Å²) in [5.74, 6) is 0.391. The number of halogens is 3. The summed E-state index contributed by atoms with van der Waals surface area (Å²) in [6.45, 7) is 5.97. The molecule has 1 aromatic carbocycles. The number of para-hydroxylation sites is 1. The second-order valence-corrected chi connectivity index (χ2v) is 8.05. The molecule has 0 spiro atoms. The number of ether oxygens (including phenoxy) is 2. The van der Waals surface area contributed by atoms with E-state index in [4.69, 9.17) is 4.74 Å². The average Bonchev–Trinajstić information content (AvgIpc) is 3.17. The van der Waals surface area contributed by atoms with E-state index in [1.807, 2.05) is 13.8 Å². The van der Waals surface area contributed by atoms with Gasteiger partial charge in [0, 0.05) is 18.2 Å². The molecule has 0 bridgehead atoms. The third kappa shape index (κ3) is 5.24. The predicted octanol–water partition coefficient (Wildman–Crippen LogP) is 4.49. The number of imidazole rings is 1. The maximum absolute atomic E-state index is 12.8. The molecule has 1 aliphatic heterocycles. The van der Waals surface area contributed by atoms with Gasteiger partial charge in [-0.05, 0) is 37.9 Å². The van der Waals surface area contributed by atoms with Crippen LogP contribution in [0, 0.1) is 0 Å². The number of hydrogen-bond acceptors (Lipinski definition) is 6. The van der Waals surface area contributed by atoms with Crippen LogP contribution in [0.1, 0.15) is 43.9 Å². The Bertz CT molecular complexity index is 1060. The molecule has 3 heterocycles. The highest BCUT2D eigenvalue weighted by molar-refractivity contribution is 5.69. The summed E-state index contributed by atoms with van der Waals surface area (Å²) in [6.07, 6.45) is -1.18. The van der Waals surface area contributed by atoms with Gasteiger partial charge in [-0.3, -0.25) is 0 Å². The summed E-state index contributed by atoms with van der Waals surface area (Å²) in [5.41, 5.74) is 2.49. The number of anilines is 1. The van der Waals surface area contributed by atoms with Crippen molar-refractivity contribution in [1.29, 1.82) is 0 Å². The molecule has 172 valence electrons. The fourth-order valence-electron chi connectivity index (χ4n) is 3.69. The fraction of sp³-hybridized carbons (Fsp3) is 0.455. The maximum Gasteiger partial charge on any atom is 0.573 e. The first-order chi connectivity index (χ1) is 15.3. The number of piperidine rings is 1. The molecule has 7 nitrogen and oxygen atoms in total. The van der Waals surface area contributed by atoms with Crippen LogP contribution in [0.4, 0.5) is 18.9 Å². The molecule has 0 unspecified atom stereocenters. The molecule has 0 atom stereocenters. The number of nitrogens with one attached hydrogen (secondary N) is 2. The lowest BCUT2D eigenvalue weighted by molar-refractivity contribution is -0.274. The highest BCUT2D eigenvalue weighted by Gasteiger charge is 2.32. The van der Waals surface area contributed by atoms with Crippen molar-refractivity contribution in [3.8, 4) is 11.6 Å². The number of nitrogens with zero attached hydrogens (tertiary/aromatic N) is 3. The van der Waals surface area contributed by atoms with Crippen LogP contribution in [0.5, 0.6) is 11.6 Å². The molecular weight excluding hydrogens is 423 g/mol. The first kappa shape index (κ1) is 22.2. The molecule has 32 heavy (non-hydrogen) atoms. The van der Waals surface area contributed by atoms with Crippen LogP contribution < -0.4 is 20.1 Å². The minimum absolute atomic E-state index is 0.0565. The number of alkyl halides is 3. The van der Waals surface area contributed by atoms with Crippen LogP contribution in [0.15, 0.2) is 36.5 Å². The monoisotopic (exact) mass is 449 g/mol. The first-order valence-electron chi connectivity index (χ1n) is 10.6. The standard InChI is InChI=1S/C22H26F3N5O2/c1-14(2)18-13-28-21-17(11-20(29-30(18)21)31-16-7-9-26-10-8-16)27-12-15-5-3-4-6-19(15)32-22(23,24)25/h3-6,11,13-14,16,26-27H,7-10,12H2,1-2H3. The van der Waals surface area contributed by atoms with E-state index in [2.05, 4.69) is 25.5 Å². The molecule has 2 aromatic heterocycles. The van der Waals surface area contributed by atoms with Crippen LogP contribution >= 0.6 is 0 Å². The smallest absolute Gasteiger partial charge is 0.473 e. The molecule has 0 radical (unpaired) electrons. The van der Waals surface area contributed by atoms with Crippen LogP contribution in [0.3, 0.4) is 0 Å². The van der Waals surface area contributed by atoms with Gasteiger partial charge in [-0.15, -0.1) is 18.3 Å². The lowest BCUT2D eigenvalue weighted by Crippen LogP contribution is -2.34. The lowest BCUT2D eigenvalue weighted by Gasteiger charge is -2.23. The third-order valence-electron chi connectivity index (χ3n) is 5.30. The van der Waals surface area contributed by atoms with Crippen LogP contribution in [0.25, 0.3) is 5.65 Å². The second kappa shape index (κ2) is 9.23. The minimum Gasteiger partial charge on any atom is -0.473 e. The van der Waals surface area contributed by atoms with Gasteiger partial charge in [-0.25, -0.2) is 9.50 Å². The van der Waals surface area contributed by atoms with Crippen LogP contribution in [-0.4, -0.2) is 40.2 Å². The van der Waals surface area contributed by atoms with Crippen molar-refractivity contribution in [2.75, 3.05) is 18.4 Å². The highest BCUT2D eigenvalue weighted by atomic mass is 19.4. The van der Waals surface area contributed by atoms with Crippen molar-refractivity contribution in [3.05, 3.63) is 47.8 Å². The zero-order chi connectivity index (χ0) is 22.7. The van der Waals surface area contributed by atoms with E-state index in [9.17, 15) is 13.2 Å². The SMILES string of the molecule is CC(C)c1cnc2c(NCc3ccccc3OC(F)(F)F)cc(OC3CCNCC3)nn12. The van der Waals surface area contributed by atoms with E-state index >= 15 is 0 Å². The average molecular weight is 449 g/mol. The van der Waals surface area contributed by atoms with Gasteiger partial charge in [0.2, 0.25) is 5.88 Å². The quantitative estimate of drug-likeness (QED) is 0.554. The lowest BCUT2D eigenvalue weighted by atomic mass is 10.1. The van der Waals surface area contributed by atoms with E-state index in [1.54, 1.807) is 28.9 Å². The van der Waals surface area contributed by atoms with E-state index in [-0.39, 0.29) is 24.3 Å². The van der Waals surface area contributed by atoms with Crippen LogP contribution in [0.2, 0.25) is 0 Å². The van der Waals surface area contributed by atoms with Crippen molar-refractivity contribution in [2.45, 2.75) is 51.6 Å². The molecule has 0 amide bonds. The maximum atomic E-state index is 12.8. The molecule has 2 N–H and O–H groups in total. The second-order valence-electron chi connectivity index (χ2n) is 8.05. The van der Waals surface area contributed by atoms with Crippen molar-refractivity contribution in [2.24, 2.45) is 0 Å². The molecule has 1 fully saturated rings. The van der Waals surface area contributed by atoms with Crippen LogP contribution in [-0.2, 0) is 6.54 Å². The largest absolute Gasteiger partial charge is 0.573 e. The molecule has 1 saturated heterocycles. The molecule has 10 heteroatoms. The zero-order valence-corrected chi connectivity index (χ0v) is 17.9. The van der Waals surface area contributed by atoms with Gasteiger partial charge in [0.25, 0.3) is 0 Å². The molecule has 0 aliphatic carbocycles. The van der Waals surface area contributed by atoms with E-state index in [0.29, 0.717) is 22.8 Å². The summed E-state index contributed by atoms with van der Waals surface area (Å²) in [5, 5.41) is 11.1. The Morgan fingerprint density at radius 2 is 1.97 bits per heavy atom. The summed E-state index contributed by atoms with van der Waals surface area (Å²) in [4.78, 5) is 4.48. The minimum atomic E-state index is -4.76. The topological polar surface area (TPSA) is 72.7 Å². The van der Waals surface area contributed by atoms with Gasteiger partial charge in [0.15, 0.2) is 5.65 Å². The number of fused-ring (bicyclic) bond motifs is 1. The Hall–Kier alpha value is -3.01. The molecule has 1 aliphatic rings. The van der Waals surface area contributed by atoms with Gasteiger partial charge in [0.1, 0.15) is 11.9 Å². The molecule has 0 saturated carbocycles. The van der Waals surface area contributed by atoms with E-state index < -0.39 is 6.36 Å². The number of rotatable bonds is 7. The van der Waals surface area contributed by atoms with Crippen molar-refractivity contribution < 1.29 is 22.6 Å². The number of hydrogen-bond donors (Lipinski definition) is 2. The predicted molar refractivity (Wildman–Crippen MR) is 114 cm³/mol. The summed E-state index contributed by atoms with van der Waals surface area (Å²) in [6, 6.07) is 7.81. The van der Waals surface area contributed by atoms with Gasteiger partial charge >= 0.3 is 6.36 Å². The third-order valence-corrected chi connectivity index (χ3v) is 5.30. The zero-order valence-electron chi connectivity index (χ0n) is 17.9. The normalized spacial score (nSPS) is 15.3. The summed E-state index contributed by atoms with van der Waals surface area (Å²) < 4.78 is 50.3. The van der Waals surface area contributed by atoms with Gasteiger partial charge in [-0.2, -0.15) is 0 Å². The Morgan fingerprint density at radius 1 is 1.22 bits per heavy atom. The Balaban J connectivity index is 1.63.